The topological polar surface area (TPSA) is 9.23 Å². The Labute approximate surface area is 447 Å². The molecule has 4 fully saturated rings. The molecule has 16 atom stereocenters. The van der Waals surface area contributed by atoms with Gasteiger partial charge in [0.15, 0.2) is 16.6 Å². The Hall–Kier alpha value is -2.29. The molecule has 0 aromatic heterocycles. The van der Waals surface area contributed by atoms with Crippen molar-refractivity contribution in [3.05, 3.63) is 140 Å². The second-order valence-corrected chi connectivity index (χ2v) is 42.7. The summed E-state index contributed by atoms with van der Waals surface area (Å²) in [7, 11) is -2.27. The molecule has 0 amide bonds. The standard InChI is InChI=1S/C67H96OSi4/c1-40-17-23-52-54(25-40)61(6)33-50(44-19-21-46-29-60(5)37-65(10,30-48(46)27-44)58(69)42(60)3)56(35-63(52,8)38-61)71(13,14)68-72(15,16)57-36-64(9)39-62(7,55-26-41(2)18-24-53(55)64)34-51(57)45-20-22-47-31-66(11)43(4)59(70)67(66,12)32-49(47)28-45/h17-28,42-43,50-51,56-59H,29-39H2,1-16,69-70H3. The molecule has 8 aliphatic rings. The minimum Gasteiger partial charge on any atom is -0.455 e. The minimum atomic E-state index is -2.44. The van der Waals surface area contributed by atoms with Crippen molar-refractivity contribution < 1.29 is 4.12 Å². The number of hydrogen-bond donors (Lipinski definition) is 0. The summed E-state index contributed by atoms with van der Waals surface area (Å²) in [5.74, 6) is 2.63. The summed E-state index contributed by atoms with van der Waals surface area (Å²) < 4.78 is 8.63. The van der Waals surface area contributed by atoms with Crippen LogP contribution in [0.1, 0.15) is 193 Å². The summed E-state index contributed by atoms with van der Waals surface area (Å²) in [6.07, 6.45) is 13.9. The van der Waals surface area contributed by atoms with E-state index < -0.39 is 16.6 Å². The third kappa shape index (κ3) is 7.05. The van der Waals surface area contributed by atoms with E-state index in [1.807, 2.05) is 0 Å². The highest BCUT2D eigenvalue weighted by Gasteiger charge is 2.65. The Bertz CT molecular complexity index is 2920. The molecule has 1 nitrogen and oxygen atoms in total. The summed E-state index contributed by atoms with van der Waals surface area (Å²) in [4.78, 5) is 0. The van der Waals surface area contributed by atoms with Gasteiger partial charge in [-0.15, -0.1) is 0 Å². The summed E-state index contributed by atoms with van der Waals surface area (Å²) >= 11 is 0. The van der Waals surface area contributed by atoms with Crippen LogP contribution in [-0.2, 0) is 51.5 Å². The maximum Gasteiger partial charge on any atom is 0.177 e. The van der Waals surface area contributed by atoms with Crippen molar-refractivity contribution in [2.45, 2.75) is 236 Å². The van der Waals surface area contributed by atoms with Crippen molar-refractivity contribution in [2.75, 3.05) is 0 Å². The van der Waals surface area contributed by atoms with Crippen LogP contribution in [0, 0.1) is 47.3 Å². The second-order valence-electron chi connectivity index (χ2n) is 31.5. The minimum absolute atomic E-state index is 0.140. The summed E-state index contributed by atoms with van der Waals surface area (Å²) in [6, 6.07) is 31.4. The molecule has 0 radical (unpaired) electrons. The van der Waals surface area contributed by atoms with Gasteiger partial charge in [-0.05, 0) is 255 Å². The SMILES string of the molecule is Cc1ccc2c(c1)C1(C)CC(c3ccc4c(c3)CC3(C)CC(C)(C4)C(C)C3[SiH3])C([Si](C)(C)O[Si](C)(C)C3CC4(C)CC(C)(CC3c3ccc5c(c3)CC3(C)C([SiH3])C(C)C3(C)C5)c3cc(C)ccc34)CC2(C)C1. The zero-order valence-electron chi connectivity index (χ0n) is 48.7. The van der Waals surface area contributed by atoms with Crippen LogP contribution in [0.3, 0.4) is 0 Å². The Morgan fingerprint density at radius 1 is 0.444 bits per heavy atom. The molecular formula is C67H96OSi4. The van der Waals surface area contributed by atoms with E-state index in [9.17, 15) is 0 Å². The van der Waals surface area contributed by atoms with Gasteiger partial charge in [-0.2, -0.15) is 0 Å². The monoisotopic (exact) mass is 1030 g/mol. The molecule has 0 saturated heterocycles. The van der Waals surface area contributed by atoms with Gasteiger partial charge in [0.25, 0.3) is 0 Å². The molecule has 4 aromatic carbocycles. The van der Waals surface area contributed by atoms with Crippen molar-refractivity contribution in [2.24, 2.45) is 33.5 Å². The number of rotatable bonds is 6. The van der Waals surface area contributed by atoms with Crippen molar-refractivity contribution in [3.63, 3.8) is 0 Å². The molecule has 8 aliphatic carbocycles. The smallest absolute Gasteiger partial charge is 0.177 e. The van der Waals surface area contributed by atoms with E-state index >= 15 is 0 Å². The van der Waals surface area contributed by atoms with E-state index in [0.29, 0.717) is 44.6 Å². The number of benzene rings is 4. The van der Waals surface area contributed by atoms with Crippen LogP contribution in [0.15, 0.2) is 72.8 Å². The molecule has 0 aliphatic heterocycles. The first-order valence-electron chi connectivity index (χ1n) is 29.6. The number of hydrogen-bond acceptors (Lipinski definition) is 1. The van der Waals surface area contributed by atoms with Gasteiger partial charge in [-0.3, -0.25) is 0 Å². The lowest BCUT2D eigenvalue weighted by atomic mass is 9.40. The fourth-order valence-corrected chi connectivity index (χ4v) is 35.4. The number of aryl methyl sites for hydroxylation is 2. The third-order valence-corrected chi connectivity index (χ3v) is 39.6. The molecule has 0 spiro atoms. The maximum absolute atomic E-state index is 8.63. The van der Waals surface area contributed by atoms with Crippen LogP contribution in [0.4, 0.5) is 0 Å². The van der Waals surface area contributed by atoms with E-state index in [4.69, 9.17) is 4.12 Å². The van der Waals surface area contributed by atoms with E-state index in [-0.39, 0.29) is 21.7 Å². The first kappa shape index (κ1) is 50.5. The lowest BCUT2D eigenvalue weighted by Crippen LogP contribution is -2.62. The molecule has 4 saturated carbocycles. The lowest BCUT2D eigenvalue weighted by molar-refractivity contribution is -0.117. The van der Waals surface area contributed by atoms with E-state index in [0.717, 1.165) is 22.9 Å². The van der Waals surface area contributed by atoms with Gasteiger partial charge in [-0.1, -0.05) is 153 Å². The fourth-order valence-electron chi connectivity index (χ4n) is 21.5. The van der Waals surface area contributed by atoms with Gasteiger partial charge in [0.1, 0.15) is 0 Å². The van der Waals surface area contributed by atoms with Gasteiger partial charge in [0, 0.05) is 20.5 Å². The second kappa shape index (κ2) is 15.7. The van der Waals surface area contributed by atoms with Crippen LogP contribution in [0.2, 0.25) is 48.4 Å². The van der Waals surface area contributed by atoms with Crippen molar-refractivity contribution in [3.8, 4) is 0 Å². The molecule has 12 rings (SSSR count). The van der Waals surface area contributed by atoms with Crippen LogP contribution < -0.4 is 0 Å². The zero-order valence-corrected chi connectivity index (χ0v) is 54.7. The van der Waals surface area contributed by atoms with Gasteiger partial charge >= 0.3 is 0 Å². The van der Waals surface area contributed by atoms with Crippen LogP contribution in [0.5, 0.6) is 0 Å². The van der Waals surface area contributed by atoms with Crippen LogP contribution in [0.25, 0.3) is 0 Å². The zero-order chi connectivity index (χ0) is 51.5. The van der Waals surface area contributed by atoms with Crippen molar-refractivity contribution >= 4 is 37.1 Å². The summed E-state index contributed by atoms with van der Waals surface area (Å²) in [5, 5.41) is 0. The molecule has 5 heteroatoms. The highest BCUT2D eigenvalue weighted by Crippen LogP contribution is 2.72. The van der Waals surface area contributed by atoms with E-state index in [1.54, 1.807) is 55.6 Å². The highest BCUT2D eigenvalue weighted by atomic mass is 28.4. The van der Waals surface area contributed by atoms with Gasteiger partial charge < -0.3 is 4.12 Å². The Morgan fingerprint density at radius 3 is 1.38 bits per heavy atom. The lowest BCUT2D eigenvalue weighted by Gasteiger charge is -2.69. The first-order chi connectivity index (χ1) is 33.4. The number of fused-ring (bicyclic) bond motifs is 15. The molecular weight excluding hydrogens is 933 g/mol. The summed E-state index contributed by atoms with van der Waals surface area (Å²) in [5.41, 5.74) is 24.5. The predicted molar refractivity (Wildman–Crippen MR) is 319 cm³/mol. The first-order valence-corrected chi connectivity index (χ1v) is 37.8. The normalized spacial score (nSPS) is 43.7. The van der Waals surface area contributed by atoms with Crippen LogP contribution in [-0.4, -0.2) is 37.1 Å². The average molecular weight is 1030 g/mol. The maximum atomic E-state index is 8.63. The molecule has 72 heavy (non-hydrogen) atoms. The largest absolute Gasteiger partial charge is 0.455 e. The molecule has 0 heterocycles. The average Bonchev–Trinajstić information content (AvgIpc) is 3.53. The van der Waals surface area contributed by atoms with Gasteiger partial charge in [0.2, 0.25) is 0 Å². The highest BCUT2D eigenvalue weighted by molar-refractivity contribution is 6.86. The van der Waals surface area contributed by atoms with Crippen molar-refractivity contribution in [1.82, 2.24) is 0 Å². The molecule has 386 valence electrons. The molecule has 4 aromatic rings. The Kier molecular flexibility index (Phi) is 11.0. The fraction of sp³-hybridized carbons (Fsp3) is 0.642. The molecule has 0 N–H and O–H groups in total. The molecule has 16 unspecified atom stereocenters. The van der Waals surface area contributed by atoms with Crippen molar-refractivity contribution in [1.29, 1.82) is 0 Å². The van der Waals surface area contributed by atoms with E-state index in [1.165, 1.54) is 102 Å². The Morgan fingerprint density at radius 2 is 0.875 bits per heavy atom. The quantitative estimate of drug-likeness (QED) is 0.175. The van der Waals surface area contributed by atoms with Gasteiger partial charge in [0.05, 0.1) is 0 Å². The predicted octanol–water partition coefficient (Wildman–Crippen LogP) is 15.4. The Balaban J connectivity index is 0.958. The summed E-state index contributed by atoms with van der Waals surface area (Å²) in [6.45, 7) is 42.1. The van der Waals surface area contributed by atoms with E-state index in [2.05, 4.69) is 182 Å². The van der Waals surface area contributed by atoms with Crippen LogP contribution >= 0.6 is 0 Å². The van der Waals surface area contributed by atoms with Gasteiger partial charge in [-0.25, -0.2) is 0 Å². The molecule has 6 bridgehead atoms. The third-order valence-electron chi connectivity index (χ3n) is 25.9.